The largest absolute Gasteiger partial charge is 0.442 e. The minimum atomic E-state index is -0.612. The van der Waals surface area contributed by atoms with Gasteiger partial charge in [-0.1, -0.05) is 0 Å². The maximum atomic E-state index is 14.4. The molecule has 2 heterocycles. The van der Waals surface area contributed by atoms with E-state index in [4.69, 9.17) is 9.47 Å². The lowest BCUT2D eigenvalue weighted by molar-refractivity contribution is -0.134. The van der Waals surface area contributed by atoms with Crippen LogP contribution in [0.15, 0.2) is 18.2 Å². The van der Waals surface area contributed by atoms with Crippen LogP contribution in [0, 0.1) is 5.82 Å². The number of hydrogen-bond acceptors (Lipinski definition) is 5. The van der Waals surface area contributed by atoms with Gasteiger partial charge < -0.3 is 19.7 Å². The van der Waals surface area contributed by atoms with Crippen LogP contribution in [0.5, 0.6) is 0 Å². The van der Waals surface area contributed by atoms with Gasteiger partial charge in [-0.3, -0.25) is 14.5 Å². The van der Waals surface area contributed by atoms with E-state index in [0.717, 1.165) is 0 Å². The molecule has 3 rings (SSSR count). The van der Waals surface area contributed by atoms with Crippen LogP contribution in [0.25, 0.3) is 0 Å². The highest BCUT2D eigenvalue weighted by Gasteiger charge is 2.39. The Kier molecular flexibility index (Phi) is 4.58. The average Bonchev–Trinajstić information content (AvgIpc) is 2.94. The number of hydrogen-bond donors (Lipinski definition) is 1. The van der Waals surface area contributed by atoms with Crippen LogP contribution in [0.3, 0.4) is 0 Å². The molecule has 9 heteroatoms. The average molecular weight is 351 g/mol. The topological polar surface area (TPSA) is 88.2 Å². The Morgan fingerprint density at radius 1 is 1.36 bits per heavy atom. The second-order valence-electron chi connectivity index (χ2n) is 5.86. The molecule has 2 fully saturated rings. The molecule has 3 amide bonds. The molecule has 1 aromatic carbocycles. The van der Waals surface area contributed by atoms with Gasteiger partial charge >= 0.3 is 6.09 Å². The molecule has 2 aliphatic rings. The van der Waals surface area contributed by atoms with Crippen molar-refractivity contribution in [2.45, 2.75) is 19.1 Å². The van der Waals surface area contributed by atoms with Crippen LogP contribution in [0.1, 0.15) is 6.92 Å². The SMILES string of the molecule is COC1CN(c2ccc(N3CC(CNC(C)=O)OC3=O)cc2F)C1=O. The van der Waals surface area contributed by atoms with Gasteiger partial charge in [0.05, 0.1) is 31.0 Å². The lowest BCUT2D eigenvalue weighted by Gasteiger charge is -2.37. The number of methoxy groups -OCH3 is 1. The molecule has 0 radical (unpaired) electrons. The van der Waals surface area contributed by atoms with Crippen LogP contribution in [-0.4, -0.2) is 56.9 Å². The number of nitrogens with zero attached hydrogens (tertiary/aromatic N) is 2. The number of halogens is 1. The van der Waals surface area contributed by atoms with E-state index in [2.05, 4.69) is 5.32 Å². The monoisotopic (exact) mass is 351 g/mol. The number of ether oxygens (including phenoxy) is 2. The van der Waals surface area contributed by atoms with E-state index >= 15 is 0 Å². The van der Waals surface area contributed by atoms with E-state index in [9.17, 15) is 18.8 Å². The zero-order chi connectivity index (χ0) is 18.1. The molecule has 0 spiro atoms. The maximum Gasteiger partial charge on any atom is 0.414 e. The summed E-state index contributed by atoms with van der Waals surface area (Å²) in [4.78, 5) is 37.3. The first-order valence-electron chi connectivity index (χ1n) is 7.77. The Morgan fingerprint density at radius 3 is 2.72 bits per heavy atom. The number of carbonyl (C=O) groups is 3. The molecule has 2 unspecified atom stereocenters. The van der Waals surface area contributed by atoms with Crippen LogP contribution >= 0.6 is 0 Å². The minimum absolute atomic E-state index is 0.143. The first kappa shape index (κ1) is 17.2. The molecule has 2 aliphatic heterocycles. The normalized spacial score (nSPS) is 22.7. The molecule has 2 atom stereocenters. The minimum Gasteiger partial charge on any atom is -0.442 e. The number of carbonyl (C=O) groups excluding carboxylic acids is 3. The predicted molar refractivity (Wildman–Crippen MR) is 85.8 cm³/mol. The van der Waals surface area contributed by atoms with Gasteiger partial charge in [0.15, 0.2) is 6.10 Å². The van der Waals surface area contributed by atoms with Gasteiger partial charge in [-0.25, -0.2) is 9.18 Å². The van der Waals surface area contributed by atoms with Crippen molar-refractivity contribution in [1.29, 1.82) is 0 Å². The van der Waals surface area contributed by atoms with Crippen molar-refractivity contribution >= 4 is 29.3 Å². The highest BCUT2D eigenvalue weighted by Crippen LogP contribution is 2.31. The Bertz CT molecular complexity index is 726. The third-order valence-corrected chi connectivity index (χ3v) is 4.16. The summed E-state index contributed by atoms with van der Waals surface area (Å²) in [5.74, 6) is -1.14. The molecule has 1 aromatic rings. The van der Waals surface area contributed by atoms with Gasteiger partial charge in [0.25, 0.3) is 5.91 Å². The van der Waals surface area contributed by atoms with Crippen molar-refractivity contribution < 1.29 is 28.2 Å². The molecule has 0 aliphatic carbocycles. The molecule has 1 N–H and O–H groups in total. The van der Waals surface area contributed by atoms with E-state index in [1.807, 2.05) is 0 Å². The van der Waals surface area contributed by atoms with Crippen molar-refractivity contribution in [2.75, 3.05) is 36.5 Å². The lowest BCUT2D eigenvalue weighted by Crippen LogP contribution is -2.57. The van der Waals surface area contributed by atoms with Gasteiger partial charge in [-0.2, -0.15) is 0 Å². The fourth-order valence-electron chi connectivity index (χ4n) is 2.77. The molecular weight excluding hydrogens is 333 g/mol. The summed E-state index contributed by atoms with van der Waals surface area (Å²) in [6.45, 7) is 2.05. The second kappa shape index (κ2) is 6.67. The molecule has 25 heavy (non-hydrogen) atoms. The smallest absolute Gasteiger partial charge is 0.414 e. The molecule has 134 valence electrons. The fraction of sp³-hybridized carbons (Fsp3) is 0.438. The van der Waals surface area contributed by atoms with Crippen LogP contribution < -0.4 is 15.1 Å². The summed E-state index contributed by atoms with van der Waals surface area (Å²) in [6, 6.07) is 4.18. The Morgan fingerprint density at radius 2 is 2.12 bits per heavy atom. The number of β-lactam (4-membered cyclic amide) rings is 1. The fourth-order valence-corrected chi connectivity index (χ4v) is 2.77. The molecule has 2 saturated heterocycles. The van der Waals surface area contributed by atoms with Gasteiger partial charge in [0.1, 0.15) is 11.9 Å². The summed E-state index contributed by atoms with van der Waals surface area (Å²) in [7, 11) is 1.43. The standard InChI is InChI=1S/C16H18FN3O5/c1-9(21)18-6-11-7-19(16(23)25-11)10-3-4-13(12(17)5-10)20-8-14(24-2)15(20)22/h3-5,11,14H,6-8H2,1-2H3,(H,18,21). The Balaban J connectivity index is 1.70. The molecule has 0 saturated carbocycles. The van der Waals surface area contributed by atoms with Crippen molar-refractivity contribution in [2.24, 2.45) is 0 Å². The first-order chi connectivity index (χ1) is 11.9. The third kappa shape index (κ3) is 3.27. The van der Waals surface area contributed by atoms with Crippen LogP contribution in [0.4, 0.5) is 20.6 Å². The van der Waals surface area contributed by atoms with Crippen LogP contribution in [-0.2, 0) is 19.1 Å². The van der Waals surface area contributed by atoms with E-state index in [1.54, 1.807) is 6.07 Å². The lowest BCUT2D eigenvalue weighted by atomic mass is 10.1. The van der Waals surface area contributed by atoms with E-state index < -0.39 is 24.1 Å². The summed E-state index contributed by atoms with van der Waals surface area (Å²) in [6.07, 6.45) is -1.65. The summed E-state index contributed by atoms with van der Waals surface area (Å²) in [5.41, 5.74) is 0.470. The van der Waals surface area contributed by atoms with Gasteiger partial charge in [0, 0.05) is 14.0 Å². The molecule has 0 bridgehead atoms. The zero-order valence-electron chi connectivity index (χ0n) is 13.8. The quantitative estimate of drug-likeness (QED) is 0.787. The number of cyclic esters (lactones) is 1. The zero-order valence-corrected chi connectivity index (χ0v) is 13.8. The number of benzene rings is 1. The van der Waals surface area contributed by atoms with Crippen molar-refractivity contribution in [3.05, 3.63) is 24.0 Å². The predicted octanol–water partition coefficient (Wildman–Crippen LogP) is 0.649. The molecule has 0 aromatic heterocycles. The van der Waals surface area contributed by atoms with E-state index in [1.165, 1.54) is 36.0 Å². The first-order valence-corrected chi connectivity index (χ1v) is 7.77. The Hall–Kier alpha value is -2.68. The highest BCUT2D eigenvalue weighted by molar-refractivity contribution is 6.03. The highest BCUT2D eigenvalue weighted by atomic mass is 19.1. The molecule has 8 nitrogen and oxygen atoms in total. The van der Waals surface area contributed by atoms with Crippen molar-refractivity contribution in [3.63, 3.8) is 0 Å². The second-order valence-corrected chi connectivity index (χ2v) is 5.86. The van der Waals surface area contributed by atoms with E-state index in [0.29, 0.717) is 5.69 Å². The number of anilines is 2. The maximum absolute atomic E-state index is 14.4. The van der Waals surface area contributed by atoms with Crippen molar-refractivity contribution in [3.8, 4) is 0 Å². The van der Waals surface area contributed by atoms with E-state index in [-0.39, 0.29) is 37.1 Å². The summed E-state index contributed by atoms with van der Waals surface area (Å²) >= 11 is 0. The Labute approximate surface area is 143 Å². The van der Waals surface area contributed by atoms with Gasteiger partial charge in [0.2, 0.25) is 5.91 Å². The van der Waals surface area contributed by atoms with Gasteiger partial charge in [-0.15, -0.1) is 0 Å². The third-order valence-electron chi connectivity index (χ3n) is 4.16. The van der Waals surface area contributed by atoms with Crippen molar-refractivity contribution in [1.82, 2.24) is 5.32 Å². The summed E-state index contributed by atoms with van der Waals surface area (Å²) < 4.78 is 24.5. The van der Waals surface area contributed by atoms with Crippen LogP contribution in [0.2, 0.25) is 0 Å². The van der Waals surface area contributed by atoms with Gasteiger partial charge in [-0.05, 0) is 18.2 Å². The number of nitrogens with one attached hydrogen (secondary N) is 1. The summed E-state index contributed by atoms with van der Waals surface area (Å²) in [5, 5.41) is 2.57. The number of rotatable bonds is 5. The molecular formula is C16H18FN3O5. The number of amides is 3.